The van der Waals surface area contributed by atoms with Crippen LogP contribution < -0.4 is 5.56 Å². The van der Waals surface area contributed by atoms with E-state index in [9.17, 15) is 19.5 Å². The van der Waals surface area contributed by atoms with Crippen molar-refractivity contribution in [3.8, 4) is 0 Å². The van der Waals surface area contributed by atoms with Crippen molar-refractivity contribution in [2.45, 2.75) is 44.2 Å². The first-order valence-corrected chi connectivity index (χ1v) is 8.74. The molecule has 2 fully saturated rings. The minimum atomic E-state index is -0.967. The molecule has 3 unspecified atom stereocenters. The number of aromatic amines is 1. The predicted molar refractivity (Wildman–Crippen MR) is 92.5 cm³/mol. The van der Waals surface area contributed by atoms with Gasteiger partial charge in [0, 0.05) is 11.4 Å². The predicted octanol–water partition coefficient (Wildman–Crippen LogP) is 2.39. The summed E-state index contributed by atoms with van der Waals surface area (Å²) in [7, 11) is 0. The van der Waals surface area contributed by atoms with Gasteiger partial charge in [-0.05, 0) is 42.7 Å². The Labute approximate surface area is 144 Å². The zero-order chi connectivity index (χ0) is 17.6. The summed E-state index contributed by atoms with van der Waals surface area (Å²) in [6.45, 7) is 0. The monoisotopic (exact) mass is 340 g/mol. The number of aromatic nitrogens is 1. The van der Waals surface area contributed by atoms with E-state index in [1.54, 1.807) is 24.3 Å². The lowest BCUT2D eigenvalue weighted by atomic mass is 9.84. The normalized spacial score (nSPS) is 25.8. The molecule has 2 aromatic rings. The molecule has 25 heavy (non-hydrogen) atoms. The number of H-pyrrole nitrogens is 1. The van der Waals surface area contributed by atoms with E-state index in [0.717, 1.165) is 25.7 Å². The van der Waals surface area contributed by atoms with Crippen LogP contribution in [0, 0.1) is 5.92 Å². The van der Waals surface area contributed by atoms with Crippen molar-refractivity contribution in [1.29, 1.82) is 0 Å². The van der Waals surface area contributed by atoms with E-state index >= 15 is 0 Å². The van der Waals surface area contributed by atoms with Gasteiger partial charge in [-0.15, -0.1) is 0 Å². The zero-order valence-corrected chi connectivity index (χ0v) is 13.8. The first kappa shape index (κ1) is 15.9. The number of nitrogens with one attached hydrogen (secondary N) is 1. The van der Waals surface area contributed by atoms with Gasteiger partial charge in [0.15, 0.2) is 0 Å². The molecule has 4 rings (SSSR count). The summed E-state index contributed by atoms with van der Waals surface area (Å²) in [5.74, 6) is -1.11. The van der Waals surface area contributed by atoms with Crippen molar-refractivity contribution >= 4 is 22.6 Å². The first-order chi connectivity index (χ1) is 12.1. The summed E-state index contributed by atoms with van der Waals surface area (Å²) in [5, 5.41) is 10.8. The number of hydrogen-bond acceptors (Lipinski definition) is 3. The van der Waals surface area contributed by atoms with Crippen LogP contribution in [0.5, 0.6) is 0 Å². The maximum Gasteiger partial charge on any atom is 0.326 e. The second-order valence-electron chi connectivity index (χ2n) is 7.01. The third kappa shape index (κ3) is 2.62. The van der Waals surface area contributed by atoms with Crippen LogP contribution in [-0.4, -0.2) is 39.0 Å². The lowest BCUT2D eigenvalue weighted by Crippen LogP contribution is -2.46. The SMILES string of the molecule is O=C(O)C1CC2CCCCC2N1C(=O)c1cc2ccccc2c(=O)[nH]1. The van der Waals surface area contributed by atoms with Gasteiger partial charge >= 0.3 is 5.97 Å². The molecule has 0 radical (unpaired) electrons. The molecule has 2 aliphatic rings. The minimum Gasteiger partial charge on any atom is -0.480 e. The Hall–Kier alpha value is -2.63. The third-order valence-corrected chi connectivity index (χ3v) is 5.59. The molecule has 1 aromatic heterocycles. The number of rotatable bonds is 2. The molecular formula is C19H20N2O4. The van der Waals surface area contributed by atoms with Crippen LogP contribution >= 0.6 is 0 Å². The Balaban J connectivity index is 1.76. The summed E-state index contributed by atoms with van der Waals surface area (Å²) in [6.07, 6.45) is 4.39. The maximum absolute atomic E-state index is 13.1. The van der Waals surface area contributed by atoms with E-state index in [1.165, 1.54) is 4.90 Å². The summed E-state index contributed by atoms with van der Waals surface area (Å²) in [6, 6.07) is 7.86. The van der Waals surface area contributed by atoms with Gasteiger partial charge in [0.05, 0.1) is 0 Å². The fourth-order valence-corrected chi connectivity index (χ4v) is 4.44. The quantitative estimate of drug-likeness (QED) is 0.878. The van der Waals surface area contributed by atoms with Gasteiger partial charge in [-0.1, -0.05) is 31.0 Å². The van der Waals surface area contributed by atoms with Crippen molar-refractivity contribution < 1.29 is 14.7 Å². The van der Waals surface area contributed by atoms with Crippen LogP contribution in [0.15, 0.2) is 35.1 Å². The van der Waals surface area contributed by atoms with Crippen LogP contribution in [0.25, 0.3) is 10.8 Å². The number of carboxylic acids is 1. The summed E-state index contributed by atoms with van der Waals surface area (Å²) < 4.78 is 0. The molecule has 0 bridgehead atoms. The molecule has 1 aromatic carbocycles. The van der Waals surface area contributed by atoms with Gasteiger partial charge in [-0.2, -0.15) is 0 Å². The summed E-state index contributed by atoms with van der Waals surface area (Å²) in [5.41, 5.74) is -0.158. The van der Waals surface area contributed by atoms with Crippen LogP contribution in [0.4, 0.5) is 0 Å². The molecule has 6 nitrogen and oxygen atoms in total. The van der Waals surface area contributed by atoms with Crippen LogP contribution in [0.3, 0.4) is 0 Å². The number of carboxylic acid groups (broad SMARTS) is 1. The summed E-state index contributed by atoms with van der Waals surface area (Å²) >= 11 is 0. The van der Waals surface area contributed by atoms with E-state index in [2.05, 4.69) is 4.98 Å². The third-order valence-electron chi connectivity index (χ3n) is 5.59. The summed E-state index contributed by atoms with van der Waals surface area (Å²) in [4.78, 5) is 41.2. The molecule has 3 atom stereocenters. The number of amides is 1. The molecule has 1 aliphatic heterocycles. The molecule has 1 amide bonds. The fourth-order valence-electron chi connectivity index (χ4n) is 4.44. The average molecular weight is 340 g/mol. The molecule has 0 spiro atoms. The Morgan fingerprint density at radius 2 is 1.92 bits per heavy atom. The largest absolute Gasteiger partial charge is 0.480 e. The van der Waals surface area contributed by atoms with Crippen molar-refractivity contribution in [3.05, 3.63) is 46.4 Å². The molecule has 1 saturated carbocycles. The maximum atomic E-state index is 13.1. The molecule has 1 aliphatic carbocycles. The van der Waals surface area contributed by atoms with Crippen LogP contribution in [0.2, 0.25) is 0 Å². The Kier molecular flexibility index (Phi) is 3.82. The number of fused-ring (bicyclic) bond motifs is 2. The van der Waals surface area contributed by atoms with Crippen LogP contribution in [-0.2, 0) is 4.79 Å². The smallest absolute Gasteiger partial charge is 0.326 e. The highest BCUT2D eigenvalue weighted by Gasteiger charge is 2.47. The minimum absolute atomic E-state index is 0.0441. The van der Waals surface area contributed by atoms with Gasteiger partial charge in [0.1, 0.15) is 11.7 Å². The fraction of sp³-hybridized carbons (Fsp3) is 0.421. The number of likely N-dealkylation sites (tertiary alicyclic amines) is 1. The first-order valence-electron chi connectivity index (χ1n) is 8.74. The molecule has 2 N–H and O–H groups in total. The molecular weight excluding hydrogens is 320 g/mol. The Morgan fingerprint density at radius 3 is 2.72 bits per heavy atom. The number of aliphatic carboxylic acids is 1. The lowest BCUT2D eigenvalue weighted by Gasteiger charge is -2.32. The average Bonchev–Trinajstić information content (AvgIpc) is 3.01. The van der Waals surface area contributed by atoms with E-state index < -0.39 is 12.0 Å². The number of benzene rings is 1. The number of hydrogen-bond donors (Lipinski definition) is 2. The van der Waals surface area contributed by atoms with Crippen molar-refractivity contribution in [3.63, 3.8) is 0 Å². The van der Waals surface area contributed by atoms with E-state index in [0.29, 0.717) is 17.2 Å². The van der Waals surface area contributed by atoms with Crippen molar-refractivity contribution in [2.75, 3.05) is 0 Å². The van der Waals surface area contributed by atoms with Gasteiger partial charge < -0.3 is 15.0 Å². The lowest BCUT2D eigenvalue weighted by molar-refractivity contribution is -0.141. The number of pyridine rings is 1. The molecule has 6 heteroatoms. The van der Waals surface area contributed by atoms with E-state index in [-0.39, 0.29) is 29.1 Å². The zero-order valence-electron chi connectivity index (χ0n) is 13.8. The highest BCUT2D eigenvalue weighted by molar-refractivity contribution is 5.98. The topological polar surface area (TPSA) is 90.5 Å². The molecule has 2 heterocycles. The second-order valence-corrected chi connectivity index (χ2v) is 7.01. The highest BCUT2D eigenvalue weighted by atomic mass is 16.4. The Bertz CT molecular complexity index is 904. The van der Waals surface area contributed by atoms with E-state index in [4.69, 9.17) is 0 Å². The Morgan fingerprint density at radius 1 is 1.16 bits per heavy atom. The molecule has 130 valence electrons. The number of carbonyl (C=O) groups excluding carboxylic acids is 1. The van der Waals surface area contributed by atoms with Gasteiger partial charge in [0.2, 0.25) is 0 Å². The van der Waals surface area contributed by atoms with Crippen LogP contribution in [0.1, 0.15) is 42.6 Å². The highest BCUT2D eigenvalue weighted by Crippen LogP contribution is 2.40. The van der Waals surface area contributed by atoms with E-state index in [1.807, 2.05) is 6.07 Å². The van der Waals surface area contributed by atoms with Crippen molar-refractivity contribution in [1.82, 2.24) is 9.88 Å². The van der Waals surface area contributed by atoms with Gasteiger partial charge in [-0.3, -0.25) is 9.59 Å². The van der Waals surface area contributed by atoms with Gasteiger partial charge in [0.25, 0.3) is 11.5 Å². The molecule has 1 saturated heterocycles. The van der Waals surface area contributed by atoms with Gasteiger partial charge in [-0.25, -0.2) is 4.79 Å². The standard InChI is InChI=1S/C19H20N2O4/c22-17-13-7-3-1-5-11(13)9-14(20-17)18(23)21-15-8-4-2-6-12(15)10-16(21)19(24)25/h1,3,5,7,9,12,15-16H,2,4,6,8,10H2,(H,20,22)(H,24,25). The van der Waals surface area contributed by atoms with Crippen molar-refractivity contribution in [2.24, 2.45) is 5.92 Å². The number of carbonyl (C=O) groups is 2. The number of nitrogens with zero attached hydrogens (tertiary/aromatic N) is 1. The second kappa shape index (κ2) is 6.02.